The smallest absolute Gasteiger partial charge is 0.320 e. The molecule has 2 aromatic heterocycles. The molecule has 3 N–H and O–H groups in total. The molecule has 3 heterocycles. The van der Waals surface area contributed by atoms with Crippen molar-refractivity contribution in [3.05, 3.63) is 47.2 Å². The number of carbonyl (C=O) groups is 1. The molecule has 1 atom stereocenters. The van der Waals surface area contributed by atoms with Crippen LogP contribution in [0.25, 0.3) is 11.0 Å². The minimum atomic E-state index is 0.0251. The number of aromatic nitrogens is 3. The Morgan fingerprint density at radius 1 is 1.26 bits per heavy atom. The number of benzene rings is 1. The lowest BCUT2D eigenvalue weighted by atomic mass is 10.1. The van der Waals surface area contributed by atoms with Crippen molar-refractivity contribution in [2.75, 3.05) is 25.4 Å². The number of hydrogen-bond acceptors (Lipinski definition) is 7. The van der Waals surface area contributed by atoms with Crippen LogP contribution in [0.4, 0.5) is 5.82 Å². The average Bonchev–Trinajstić information content (AvgIpc) is 3.39. The normalized spacial score (nSPS) is 16.0. The summed E-state index contributed by atoms with van der Waals surface area (Å²) in [5, 5.41) is 13.3. The summed E-state index contributed by atoms with van der Waals surface area (Å²) in [6.45, 7) is 7.35. The van der Waals surface area contributed by atoms with Crippen molar-refractivity contribution in [1.82, 2.24) is 24.8 Å². The molecule has 9 heteroatoms. The van der Waals surface area contributed by atoms with Gasteiger partial charge in [-0.2, -0.15) is 15.2 Å². The molecular weight excluding hydrogens is 430 g/mol. The number of ether oxygens (including phenoxy) is 1. The minimum Gasteiger partial charge on any atom is -0.463 e. The number of anilines is 1. The van der Waals surface area contributed by atoms with E-state index in [1.807, 2.05) is 4.57 Å². The van der Waals surface area contributed by atoms with Crippen molar-refractivity contribution in [1.29, 1.82) is 5.26 Å². The van der Waals surface area contributed by atoms with Gasteiger partial charge >= 0.3 is 6.01 Å². The monoisotopic (exact) mass is 461 g/mol. The number of nitrogens with zero attached hydrogens (tertiary/aromatic N) is 5. The summed E-state index contributed by atoms with van der Waals surface area (Å²) in [4.78, 5) is 22.4. The van der Waals surface area contributed by atoms with Crippen molar-refractivity contribution in [2.24, 2.45) is 0 Å². The number of unbranched alkanes of at least 4 members (excludes halogenated alkanes) is 1. The van der Waals surface area contributed by atoms with E-state index in [4.69, 9.17) is 10.5 Å². The third kappa shape index (κ3) is 5.46. The van der Waals surface area contributed by atoms with E-state index in [-0.39, 0.29) is 18.0 Å². The maximum atomic E-state index is 11.3. The van der Waals surface area contributed by atoms with Crippen LogP contribution in [0.1, 0.15) is 49.9 Å². The van der Waals surface area contributed by atoms with E-state index in [0.717, 1.165) is 44.5 Å². The first-order valence-electron chi connectivity index (χ1n) is 11.7. The number of nitrogens with one attached hydrogen (secondary N) is 1. The third-order valence-electron chi connectivity index (χ3n) is 6.06. The predicted octanol–water partition coefficient (Wildman–Crippen LogP) is 2.82. The largest absolute Gasteiger partial charge is 0.463 e. The van der Waals surface area contributed by atoms with Crippen LogP contribution in [-0.4, -0.2) is 51.1 Å². The van der Waals surface area contributed by atoms with Gasteiger partial charge in [0.2, 0.25) is 5.91 Å². The Morgan fingerprint density at radius 2 is 2.00 bits per heavy atom. The highest BCUT2D eigenvalue weighted by atomic mass is 16.5. The van der Waals surface area contributed by atoms with Crippen LogP contribution in [0.15, 0.2) is 30.3 Å². The molecule has 34 heavy (non-hydrogen) atoms. The second-order valence-electron chi connectivity index (χ2n) is 8.80. The zero-order chi connectivity index (χ0) is 24.1. The van der Waals surface area contributed by atoms with Gasteiger partial charge in [-0.15, -0.1) is 0 Å². The topological polar surface area (TPSA) is 122 Å². The molecule has 0 aliphatic carbocycles. The quantitative estimate of drug-likeness (QED) is 0.470. The molecule has 3 aromatic rings. The Bertz CT molecular complexity index is 1200. The number of hydrogen-bond donors (Lipinski definition) is 2. The van der Waals surface area contributed by atoms with Gasteiger partial charge in [-0.1, -0.05) is 37.6 Å². The number of likely N-dealkylation sites (tertiary alicyclic amines) is 1. The van der Waals surface area contributed by atoms with Gasteiger partial charge < -0.3 is 20.4 Å². The number of rotatable bonds is 9. The Kier molecular flexibility index (Phi) is 7.28. The molecule has 1 fully saturated rings. The summed E-state index contributed by atoms with van der Waals surface area (Å²) in [5.41, 5.74) is 9.49. The maximum absolute atomic E-state index is 11.3. The van der Waals surface area contributed by atoms with Crippen molar-refractivity contribution in [3.8, 4) is 12.1 Å². The van der Waals surface area contributed by atoms with E-state index in [2.05, 4.69) is 57.4 Å². The standard InChI is InChI=1S/C25H31N7O2/c1-3-4-11-34-25-29-23(27)22-12-21(13-26)32(24(22)30-25)15-19-7-5-18(6-8-19)14-31-10-9-20(16-31)28-17(2)33/h5-8,12,20H,3-4,9-11,14-16H2,1-2H3,(H,28,33)(H2,27,29,30)/t20-/m0/s1. The third-order valence-corrected chi connectivity index (χ3v) is 6.06. The van der Waals surface area contributed by atoms with E-state index in [9.17, 15) is 10.1 Å². The van der Waals surface area contributed by atoms with Gasteiger partial charge in [0.15, 0.2) is 5.65 Å². The van der Waals surface area contributed by atoms with E-state index >= 15 is 0 Å². The molecule has 1 aliphatic heterocycles. The van der Waals surface area contributed by atoms with Gasteiger partial charge in [0, 0.05) is 32.6 Å². The molecule has 0 radical (unpaired) electrons. The summed E-state index contributed by atoms with van der Waals surface area (Å²) in [7, 11) is 0. The second kappa shape index (κ2) is 10.5. The van der Waals surface area contributed by atoms with Crippen LogP contribution in [0, 0.1) is 11.3 Å². The molecular formula is C25H31N7O2. The van der Waals surface area contributed by atoms with Gasteiger partial charge in [-0.3, -0.25) is 9.69 Å². The molecule has 0 saturated carbocycles. The first-order chi connectivity index (χ1) is 16.5. The van der Waals surface area contributed by atoms with Gasteiger partial charge in [-0.25, -0.2) is 0 Å². The second-order valence-corrected chi connectivity index (χ2v) is 8.80. The molecule has 9 nitrogen and oxygen atoms in total. The van der Waals surface area contributed by atoms with Crippen molar-refractivity contribution >= 4 is 22.8 Å². The fourth-order valence-electron chi connectivity index (χ4n) is 4.32. The van der Waals surface area contributed by atoms with E-state index in [1.165, 1.54) is 5.56 Å². The van der Waals surface area contributed by atoms with Crippen LogP contribution >= 0.6 is 0 Å². The van der Waals surface area contributed by atoms with E-state index in [1.54, 1.807) is 13.0 Å². The van der Waals surface area contributed by atoms with Crippen LogP contribution in [0.5, 0.6) is 6.01 Å². The summed E-state index contributed by atoms with van der Waals surface area (Å²) in [6, 6.07) is 12.8. The average molecular weight is 462 g/mol. The zero-order valence-electron chi connectivity index (χ0n) is 19.8. The lowest BCUT2D eigenvalue weighted by Crippen LogP contribution is -2.35. The Morgan fingerprint density at radius 3 is 2.68 bits per heavy atom. The molecule has 0 spiro atoms. The molecule has 0 bridgehead atoms. The molecule has 4 rings (SSSR count). The number of fused-ring (bicyclic) bond motifs is 1. The SMILES string of the molecule is CCCCOc1nc(N)c2cc(C#N)n(Cc3ccc(CN4CC[C@H](NC(C)=O)C4)cc3)c2n1. The first-order valence-corrected chi connectivity index (χ1v) is 11.7. The highest BCUT2D eigenvalue weighted by molar-refractivity contribution is 5.88. The molecule has 0 unspecified atom stereocenters. The van der Waals surface area contributed by atoms with E-state index < -0.39 is 0 Å². The molecule has 178 valence electrons. The summed E-state index contributed by atoms with van der Waals surface area (Å²) in [6.07, 6.45) is 2.89. The van der Waals surface area contributed by atoms with E-state index in [0.29, 0.717) is 35.7 Å². The maximum Gasteiger partial charge on any atom is 0.320 e. The summed E-state index contributed by atoms with van der Waals surface area (Å²) < 4.78 is 7.52. The highest BCUT2D eigenvalue weighted by Crippen LogP contribution is 2.26. The summed E-state index contributed by atoms with van der Waals surface area (Å²) in [5.74, 6) is 0.336. The Hall–Kier alpha value is -3.64. The molecule has 1 aromatic carbocycles. The Balaban J connectivity index is 1.48. The number of carbonyl (C=O) groups excluding carboxylic acids is 1. The molecule has 1 amide bonds. The summed E-state index contributed by atoms with van der Waals surface area (Å²) >= 11 is 0. The highest BCUT2D eigenvalue weighted by Gasteiger charge is 2.23. The van der Waals surface area contributed by atoms with Gasteiger partial charge in [0.1, 0.15) is 17.6 Å². The Labute approximate surface area is 199 Å². The number of nitrogen functional groups attached to an aromatic ring is 1. The van der Waals surface area contributed by atoms with Crippen LogP contribution in [0.2, 0.25) is 0 Å². The minimum absolute atomic E-state index is 0.0251. The number of amides is 1. The van der Waals surface area contributed by atoms with Crippen LogP contribution in [-0.2, 0) is 17.9 Å². The first kappa shape index (κ1) is 23.5. The van der Waals surface area contributed by atoms with Gasteiger partial charge in [0.05, 0.1) is 18.5 Å². The van der Waals surface area contributed by atoms with Crippen molar-refractivity contribution in [2.45, 2.75) is 52.2 Å². The van der Waals surface area contributed by atoms with Gasteiger partial charge in [-0.05, 0) is 30.0 Å². The van der Waals surface area contributed by atoms with Gasteiger partial charge in [0.25, 0.3) is 0 Å². The number of nitriles is 1. The fourth-order valence-corrected chi connectivity index (χ4v) is 4.32. The lowest BCUT2D eigenvalue weighted by molar-refractivity contribution is -0.119. The zero-order valence-corrected chi connectivity index (χ0v) is 19.8. The van der Waals surface area contributed by atoms with Crippen LogP contribution in [0.3, 0.4) is 0 Å². The number of nitrogens with two attached hydrogens (primary N) is 1. The van der Waals surface area contributed by atoms with Crippen molar-refractivity contribution in [3.63, 3.8) is 0 Å². The molecule has 1 aliphatic rings. The van der Waals surface area contributed by atoms with Crippen LogP contribution < -0.4 is 15.8 Å². The lowest BCUT2D eigenvalue weighted by Gasteiger charge is -2.16. The predicted molar refractivity (Wildman–Crippen MR) is 130 cm³/mol. The fraction of sp³-hybridized carbons (Fsp3) is 0.440. The molecule has 1 saturated heterocycles. The van der Waals surface area contributed by atoms with Crippen molar-refractivity contribution < 1.29 is 9.53 Å².